The van der Waals surface area contributed by atoms with Crippen LogP contribution in [0.3, 0.4) is 0 Å². The minimum atomic E-state index is 0.137. The summed E-state index contributed by atoms with van der Waals surface area (Å²) in [7, 11) is 0. The number of fused-ring (bicyclic) bond motifs is 1. The maximum Gasteiger partial charge on any atom is 0.189 e. The minimum Gasteiger partial charge on any atom is -0.491 e. The summed E-state index contributed by atoms with van der Waals surface area (Å²) >= 11 is 1.66. The van der Waals surface area contributed by atoms with Crippen LogP contribution in [0.2, 0.25) is 0 Å². The Morgan fingerprint density at radius 1 is 1.35 bits per heavy atom. The molecule has 0 saturated carbocycles. The van der Waals surface area contributed by atoms with Crippen LogP contribution in [0, 0.1) is 0 Å². The molecule has 3 aromatic rings. The van der Waals surface area contributed by atoms with Crippen LogP contribution in [0.25, 0.3) is 6.08 Å². The van der Waals surface area contributed by atoms with Crippen molar-refractivity contribution in [1.82, 2.24) is 9.55 Å². The molecule has 132 valence electrons. The summed E-state index contributed by atoms with van der Waals surface area (Å²) in [6.45, 7) is 2.65. The van der Waals surface area contributed by atoms with Gasteiger partial charge in [0.15, 0.2) is 5.78 Å². The smallest absolute Gasteiger partial charge is 0.189 e. The quantitative estimate of drug-likeness (QED) is 0.611. The molecule has 1 aliphatic rings. The third-order valence-electron chi connectivity index (χ3n) is 4.66. The molecule has 1 aliphatic carbocycles. The summed E-state index contributed by atoms with van der Waals surface area (Å²) in [5, 5.41) is 2.03. The Morgan fingerprint density at radius 3 is 3.04 bits per heavy atom. The number of Topliss-reactive ketones (excluding diaryl/α,β-unsaturated/α-hetero) is 1. The lowest BCUT2D eigenvalue weighted by atomic mass is 9.86. The molecule has 0 aliphatic heterocycles. The number of imidazole rings is 1. The van der Waals surface area contributed by atoms with E-state index in [-0.39, 0.29) is 11.8 Å². The zero-order chi connectivity index (χ0) is 17.9. The lowest BCUT2D eigenvalue weighted by Crippen LogP contribution is -2.15. The molecule has 0 N–H and O–H groups in total. The van der Waals surface area contributed by atoms with Gasteiger partial charge in [-0.25, -0.2) is 4.98 Å². The second-order valence-electron chi connectivity index (χ2n) is 6.50. The number of ketones is 1. The van der Waals surface area contributed by atoms with E-state index in [1.165, 1.54) is 0 Å². The SMILES string of the molecule is CC(COc1ccc2c(c1)CC/C(=C\c1cccs1)C2=O)n1ccnc1. The number of carbonyl (C=O) groups excluding carboxylic acids is 1. The van der Waals surface area contributed by atoms with Crippen LogP contribution in [0.5, 0.6) is 5.75 Å². The number of aryl methyl sites for hydroxylation is 1. The van der Waals surface area contributed by atoms with Crippen molar-refractivity contribution < 1.29 is 9.53 Å². The predicted molar refractivity (Wildman–Crippen MR) is 104 cm³/mol. The lowest BCUT2D eigenvalue weighted by molar-refractivity contribution is 0.102. The fourth-order valence-electron chi connectivity index (χ4n) is 3.16. The zero-order valence-corrected chi connectivity index (χ0v) is 15.4. The Morgan fingerprint density at radius 2 is 2.27 bits per heavy atom. The first-order chi connectivity index (χ1) is 12.7. The van der Waals surface area contributed by atoms with E-state index in [1.54, 1.807) is 23.9 Å². The van der Waals surface area contributed by atoms with E-state index < -0.39 is 0 Å². The lowest BCUT2D eigenvalue weighted by Gasteiger charge is -2.19. The first-order valence-corrected chi connectivity index (χ1v) is 9.60. The van der Waals surface area contributed by atoms with Crippen molar-refractivity contribution in [2.24, 2.45) is 0 Å². The summed E-state index contributed by atoms with van der Waals surface area (Å²) in [6, 6.07) is 10.1. The second kappa shape index (κ2) is 7.30. The topological polar surface area (TPSA) is 44.1 Å². The van der Waals surface area contributed by atoms with Crippen LogP contribution in [0.1, 0.15) is 40.2 Å². The number of nitrogens with zero attached hydrogens (tertiary/aromatic N) is 2. The number of allylic oxidation sites excluding steroid dienone is 1. The average molecular weight is 364 g/mol. The van der Waals surface area contributed by atoms with Crippen LogP contribution in [0.4, 0.5) is 0 Å². The van der Waals surface area contributed by atoms with Crippen LogP contribution in [-0.4, -0.2) is 21.9 Å². The molecule has 0 amide bonds. The van der Waals surface area contributed by atoms with Gasteiger partial charge in [0.1, 0.15) is 12.4 Å². The Kier molecular flexibility index (Phi) is 4.71. The van der Waals surface area contributed by atoms with Gasteiger partial charge in [0.2, 0.25) is 0 Å². The van der Waals surface area contributed by atoms with E-state index in [4.69, 9.17) is 4.74 Å². The molecule has 0 saturated heterocycles. The van der Waals surface area contributed by atoms with Crippen LogP contribution < -0.4 is 4.74 Å². The molecule has 1 atom stereocenters. The highest BCUT2D eigenvalue weighted by Crippen LogP contribution is 2.30. The fourth-order valence-corrected chi connectivity index (χ4v) is 3.84. The van der Waals surface area contributed by atoms with Crippen molar-refractivity contribution in [2.45, 2.75) is 25.8 Å². The summed E-state index contributed by atoms with van der Waals surface area (Å²) in [5.74, 6) is 0.951. The highest BCUT2D eigenvalue weighted by atomic mass is 32.1. The standard InChI is InChI=1S/C21H20N2O2S/c1-15(23-9-8-22-14-23)13-25-18-6-7-20-16(11-18)4-5-17(21(20)24)12-19-3-2-10-26-19/h2-3,6-12,14-15H,4-5,13H2,1H3/b17-12+. The third-order valence-corrected chi connectivity index (χ3v) is 5.48. The molecule has 0 bridgehead atoms. The summed E-state index contributed by atoms with van der Waals surface area (Å²) < 4.78 is 7.95. The molecule has 4 nitrogen and oxygen atoms in total. The van der Waals surface area contributed by atoms with Gasteiger partial charge in [0.05, 0.1) is 12.4 Å². The minimum absolute atomic E-state index is 0.137. The van der Waals surface area contributed by atoms with E-state index in [1.807, 2.05) is 52.6 Å². The molecule has 5 heteroatoms. The highest BCUT2D eigenvalue weighted by molar-refractivity contribution is 7.10. The van der Waals surface area contributed by atoms with Gasteiger partial charge in [-0.15, -0.1) is 11.3 Å². The van der Waals surface area contributed by atoms with E-state index >= 15 is 0 Å². The molecular weight excluding hydrogens is 344 g/mol. The number of hydrogen-bond donors (Lipinski definition) is 0. The highest BCUT2D eigenvalue weighted by Gasteiger charge is 2.22. The van der Waals surface area contributed by atoms with Crippen LogP contribution >= 0.6 is 11.3 Å². The molecule has 2 aromatic heterocycles. The van der Waals surface area contributed by atoms with E-state index in [0.717, 1.165) is 40.2 Å². The summed E-state index contributed by atoms with van der Waals surface area (Å²) in [6.07, 6.45) is 9.16. The zero-order valence-electron chi connectivity index (χ0n) is 14.6. The predicted octanol–water partition coefficient (Wildman–Crippen LogP) is 4.80. The maximum absolute atomic E-state index is 12.8. The van der Waals surface area contributed by atoms with Gasteiger partial charge in [-0.2, -0.15) is 0 Å². The number of ether oxygens (including phenoxy) is 1. The second-order valence-corrected chi connectivity index (χ2v) is 7.48. The number of benzene rings is 1. The van der Waals surface area contributed by atoms with E-state index in [2.05, 4.69) is 11.9 Å². The van der Waals surface area contributed by atoms with Crippen molar-refractivity contribution in [3.8, 4) is 5.75 Å². The molecular formula is C21H20N2O2S. The maximum atomic E-state index is 12.8. The van der Waals surface area contributed by atoms with Crippen molar-refractivity contribution in [3.63, 3.8) is 0 Å². The van der Waals surface area contributed by atoms with Gasteiger partial charge in [0, 0.05) is 28.4 Å². The van der Waals surface area contributed by atoms with Crippen LogP contribution in [0.15, 0.2) is 60.0 Å². The first-order valence-electron chi connectivity index (χ1n) is 8.72. The first kappa shape index (κ1) is 16.8. The molecule has 1 aromatic carbocycles. The average Bonchev–Trinajstić information content (AvgIpc) is 3.36. The van der Waals surface area contributed by atoms with Gasteiger partial charge in [-0.05, 0) is 61.1 Å². The van der Waals surface area contributed by atoms with Crippen molar-refractivity contribution in [1.29, 1.82) is 0 Å². The molecule has 1 unspecified atom stereocenters. The van der Waals surface area contributed by atoms with Gasteiger partial charge in [-0.3, -0.25) is 4.79 Å². The molecule has 2 heterocycles. The van der Waals surface area contributed by atoms with Crippen molar-refractivity contribution in [3.05, 3.63) is 76.0 Å². The third kappa shape index (κ3) is 3.48. The number of hydrogen-bond acceptors (Lipinski definition) is 4. The molecule has 26 heavy (non-hydrogen) atoms. The number of aromatic nitrogens is 2. The Balaban J connectivity index is 1.47. The van der Waals surface area contributed by atoms with Gasteiger partial charge < -0.3 is 9.30 Å². The Bertz CT molecular complexity index is 927. The van der Waals surface area contributed by atoms with Gasteiger partial charge in [0.25, 0.3) is 0 Å². The van der Waals surface area contributed by atoms with Crippen LogP contribution in [-0.2, 0) is 6.42 Å². The fraction of sp³-hybridized carbons (Fsp3) is 0.238. The molecule has 0 spiro atoms. The van der Waals surface area contributed by atoms with E-state index in [9.17, 15) is 4.79 Å². The largest absolute Gasteiger partial charge is 0.491 e. The van der Waals surface area contributed by atoms with Gasteiger partial charge >= 0.3 is 0 Å². The number of thiophene rings is 1. The van der Waals surface area contributed by atoms with Crippen molar-refractivity contribution >= 4 is 23.2 Å². The summed E-state index contributed by atoms with van der Waals surface area (Å²) in [5.41, 5.74) is 2.77. The number of rotatable bonds is 5. The Hall–Kier alpha value is -2.66. The Labute approximate surface area is 156 Å². The molecule has 0 fully saturated rings. The summed E-state index contributed by atoms with van der Waals surface area (Å²) in [4.78, 5) is 18.0. The van der Waals surface area contributed by atoms with Crippen molar-refractivity contribution in [2.75, 3.05) is 6.61 Å². The van der Waals surface area contributed by atoms with Gasteiger partial charge in [-0.1, -0.05) is 6.07 Å². The molecule has 0 radical (unpaired) electrons. The molecule has 4 rings (SSSR count). The number of carbonyl (C=O) groups is 1. The van der Waals surface area contributed by atoms with E-state index in [0.29, 0.717) is 6.61 Å². The monoisotopic (exact) mass is 364 g/mol. The normalized spacial score (nSPS) is 16.5.